The van der Waals surface area contributed by atoms with Crippen molar-refractivity contribution in [2.75, 3.05) is 6.61 Å². The summed E-state index contributed by atoms with van der Waals surface area (Å²) in [5.74, 6) is -0.932. The number of nitrogens with one attached hydrogen (secondary N) is 2. The van der Waals surface area contributed by atoms with Gasteiger partial charge in [0.1, 0.15) is 17.3 Å². The quantitative estimate of drug-likeness (QED) is 0.779. The van der Waals surface area contributed by atoms with Crippen LogP contribution >= 0.6 is 0 Å². The fourth-order valence-electron chi connectivity index (χ4n) is 2.53. The van der Waals surface area contributed by atoms with Crippen LogP contribution in [0.3, 0.4) is 0 Å². The third-order valence-electron chi connectivity index (χ3n) is 3.71. The molecule has 0 saturated heterocycles. The molecule has 7 heteroatoms. The second kappa shape index (κ2) is 7.92. The van der Waals surface area contributed by atoms with E-state index in [9.17, 15) is 14.4 Å². The summed E-state index contributed by atoms with van der Waals surface area (Å²) in [5, 5.41) is 2.94. The number of aromatic amines is 1. The van der Waals surface area contributed by atoms with E-state index in [1.807, 2.05) is 20.8 Å². The first-order valence-corrected chi connectivity index (χ1v) is 8.30. The Bertz CT molecular complexity index is 842. The average Bonchev–Trinajstić information content (AvgIpc) is 2.54. The number of ether oxygens (including phenoxy) is 1. The first-order chi connectivity index (χ1) is 11.8. The van der Waals surface area contributed by atoms with Crippen LogP contribution < -0.4 is 10.7 Å². The molecule has 0 aliphatic carbocycles. The van der Waals surface area contributed by atoms with Crippen molar-refractivity contribution in [1.29, 1.82) is 0 Å². The molecule has 0 fully saturated rings. The van der Waals surface area contributed by atoms with Crippen LogP contribution in [-0.4, -0.2) is 34.5 Å². The fraction of sp³-hybridized carbons (Fsp3) is 0.444. The summed E-state index contributed by atoms with van der Waals surface area (Å²) in [6, 6.07) is 2.54. The molecule has 25 heavy (non-hydrogen) atoms. The lowest BCUT2D eigenvalue weighted by atomic mass is 10.0. The predicted octanol–water partition coefficient (Wildman–Crippen LogP) is 1.94. The zero-order valence-electron chi connectivity index (χ0n) is 14.9. The Morgan fingerprint density at radius 1 is 1.32 bits per heavy atom. The SMILES string of the molecule is CCOC(=O)C(CC(C)C)NC(=O)c1c[nH]c2nc(C)ccc2c1=O. The van der Waals surface area contributed by atoms with Gasteiger partial charge in [0.15, 0.2) is 0 Å². The van der Waals surface area contributed by atoms with E-state index in [-0.39, 0.29) is 18.1 Å². The molecule has 1 atom stereocenters. The van der Waals surface area contributed by atoms with Crippen molar-refractivity contribution < 1.29 is 14.3 Å². The lowest BCUT2D eigenvalue weighted by molar-refractivity contribution is -0.145. The number of aryl methyl sites for hydroxylation is 1. The van der Waals surface area contributed by atoms with Gasteiger partial charge in [-0.2, -0.15) is 0 Å². The molecule has 1 amide bonds. The molecule has 1 unspecified atom stereocenters. The summed E-state index contributed by atoms with van der Waals surface area (Å²) >= 11 is 0. The lowest BCUT2D eigenvalue weighted by Gasteiger charge is -2.19. The topological polar surface area (TPSA) is 101 Å². The number of carbonyl (C=O) groups is 2. The molecule has 0 saturated carbocycles. The summed E-state index contributed by atoms with van der Waals surface area (Å²) < 4.78 is 5.01. The number of aromatic nitrogens is 2. The number of hydrogen-bond donors (Lipinski definition) is 2. The smallest absolute Gasteiger partial charge is 0.328 e. The largest absolute Gasteiger partial charge is 0.464 e. The molecule has 0 radical (unpaired) electrons. The van der Waals surface area contributed by atoms with Crippen LogP contribution in [0.4, 0.5) is 0 Å². The van der Waals surface area contributed by atoms with Gasteiger partial charge in [-0.15, -0.1) is 0 Å². The van der Waals surface area contributed by atoms with Gasteiger partial charge in [-0.25, -0.2) is 9.78 Å². The molecular weight excluding hydrogens is 322 g/mol. The Morgan fingerprint density at radius 2 is 2.04 bits per heavy atom. The molecule has 0 aliphatic rings. The lowest BCUT2D eigenvalue weighted by Crippen LogP contribution is -2.44. The minimum atomic E-state index is -0.793. The van der Waals surface area contributed by atoms with Gasteiger partial charge >= 0.3 is 5.97 Å². The zero-order chi connectivity index (χ0) is 18.6. The molecular formula is C18H23N3O4. The monoisotopic (exact) mass is 345 g/mol. The molecule has 0 aromatic carbocycles. The molecule has 134 valence electrons. The first-order valence-electron chi connectivity index (χ1n) is 8.30. The molecule has 2 rings (SSSR count). The number of rotatable bonds is 6. The van der Waals surface area contributed by atoms with Crippen molar-refractivity contribution in [3.8, 4) is 0 Å². The van der Waals surface area contributed by atoms with Crippen LogP contribution in [0.25, 0.3) is 11.0 Å². The maximum absolute atomic E-state index is 12.5. The summed E-state index contributed by atoms with van der Waals surface area (Å²) in [6.07, 6.45) is 1.75. The van der Waals surface area contributed by atoms with E-state index in [0.717, 1.165) is 5.69 Å². The Hall–Kier alpha value is -2.70. The van der Waals surface area contributed by atoms with Crippen molar-refractivity contribution in [3.63, 3.8) is 0 Å². The predicted molar refractivity (Wildman–Crippen MR) is 94.4 cm³/mol. The van der Waals surface area contributed by atoms with Crippen LogP contribution in [0.1, 0.15) is 43.2 Å². The summed E-state index contributed by atoms with van der Waals surface area (Å²) in [5.41, 5.74) is 0.701. The highest BCUT2D eigenvalue weighted by molar-refractivity contribution is 5.98. The zero-order valence-corrected chi connectivity index (χ0v) is 14.9. The second-order valence-electron chi connectivity index (χ2n) is 6.29. The average molecular weight is 345 g/mol. The van der Waals surface area contributed by atoms with Crippen molar-refractivity contribution >= 4 is 22.9 Å². The van der Waals surface area contributed by atoms with Gasteiger partial charge in [-0.05, 0) is 38.3 Å². The minimum absolute atomic E-state index is 0.0591. The maximum Gasteiger partial charge on any atom is 0.328 e. The number of H-pyrrole nitrogens is 1. The normalized spacial score (nSPS) is 12.2. The van der Waals surface area contributed by atoms with Crippen molar-refractivity contribution in [1.82, 2.24) is 15.3 Å². The number of esters is 1. The summed E-state index contributed by atoms with van der Waals surface area (Å²) in [6.45, 7) is 7.62. The van der Waals surface area contributed by atoms with Gasteiger partial charge in [0, 0.05) is 11.9 Å². The molecule has 2 N–H and O–H groups in total. The van der Waals surface area contributed by atoms with Gasteiger partial charge in [-0.3, -0.25) is 9.59 Å². The molecule has 2 aromatic rings. The molecule has 0 aliphatic heterocycles. The van der Waals surface area contributed by atoms with Gasteiger partial charge in [0.2, 0.25) is 5.43 Å². The van der Waals surface area contributed by atoms with Crippen LogP contribution in [0.2, 0.25) is 0 Å². The van der Waals surface area contributed by atoms with Crippen molar-refractivity contribution in [2.24, 2.45) is 5.92 Å². The third-order valence-corrected chi connectivity index (χ3v) is 3.71. The van der Waals surface area contributed by atoms with E-state index < -0.39 is 23.3 Å². The fourth-order valence-corrected chi connectivity index (χ4v) is 2.53. The highest BCUT2D eigenvalue weighted by atomic mass is 16.5. The van der Waals surface area contributed by atoms with Crippen molar-refractivity contribution in [3.05, 3.63) is 39.8 Å². The number of hydrogen-bond acceptors (Lipinski definition) is 5. The maximum atomic E-state index is 12.5. The molecule has 0 bridgehead atoms. The van der Waals surface area contributed by atoms with Crippen molar-refractivity contribution in [2.45, 2.75) is 40.2 Å². The Balaban J connectivity index is 2.30. The van der Waals surface area contributed by atoms with Gasteiger partial charge < -0.3 is 15.0 Å². The van der Waals surface area contributed by atoms with E-state index in [2.05, 4.69) is 15.3 Å². The highest BCUT2D eigenvalue weighted by Crippen LogP contribution is 2.09. The van der Waals surface area contributed by atoms with E-state index in [1.54, 1.807) is 19.1 Å². The number of nitrogens with zero attached hydrogens (tertiary/aromatic N) is 1. The van der Waals surface area contributed by atoms with Gasteiger partial charge in [0.05, 0.1) is 12.0 Å². The summed E-state index contributed by atoms with van der Waals surface area (Å²) in [4.78, 5) is 44.2. The van der Waals surface area contributed by atoms with Gasteiger partial charge in [0.25, 0.3) is 5.91 Å². The molecule has 7 nitrogen and oxygen atoms in total. The third kappa shape index (κ3) is 4.43. The Labute approximate surface area is 145 Å². The molecule has 2 heterocycles. The van der Waals surface area contributed by atoms with Gasteiger partial charge in [-0.1, -0.05) is 13.8 Å². The van der Waals surface area contributed by atoms with Crippen LogP contribution in [0.15, 0.2) is 23.1 Å². The Morgan fingerprint density at radius 3 is 2.68 bits per heavy atom. The van der Waals surface area contributed by atoms with E-state index in [0.29, 0.717) is 17.5 Å². The van der Waals surface area contributed by atoms with Crippen LogP contribution in [-0.2, 0) is 9.53 Å². The van der Waals surface area contributed by atoms with Crippen LogP contribution in [0, 0.1) is 12.8 Å². The Kier molecular flexibility index (Phi) is 5.90. The molecule has 0 spiro atoms. The standard InChI is InChI=1S/C18H23N3O4/c1-5-25-18(24)14(8-10(2)3)21-17(23)13-9-19-16-12(15(13)22)7-6-11(4)20-16/h6-7,9-10,14H,5,8H2,1-4H3,(H,21,23)(H,19,20,22). The summed E-state index contributed by atoms with van der Waals surface area (Å²) in [7, 11) is 0. The minimum Gasteiger partial charge on any atom is -0.464 e. The second-order valence-corrected chi connectivity index (χ2v) is 6.29. The van der Waals surface area contributed by atoms with E-state index in [4.69, 9.17) is 4.74 Å². The number of carbonyl (C=O) groups excluding carboxylic acids is 2. The number of amides is 1. The first kappa shape index (κ1) is 18.6. The van der Waals surface area contributed by atoms with E-state index >= 15 is 0 Å². The highest BCUT2D eigenvalue weighted by Gasteiger charge is 2.25. The molecule has 2 aromatic heterocycles. The van der Waals surface area contributed by atoms with E-state index in [1.165, 1.54) is 6.20 Å². The number of fused-ring (bicyclic) bond motifs is 1. The van der Waals surface area contributed by atoms with Crippen LogP contribution in [0.5, 0.6) is 0 Å². The number of pyridine rings is 2.